The van der Waals surface area contributed by atoms with Gasteiger partial charge in [0.15, 0.2) is 0 Å². The van der Waals surface area contributed by atoms with Crippen LogP contribution in [0.4, 0.5) is 10.5 Å². The zero-order chi connectivity index (χ0) is 19.8. The number of benzene rings is 3. The smallest absolute Gasteiger partial charge is 0.425 e. The Morgan fingerprint density at radius 3 is 2.14 bits per heavy atom. The van der Waals surface area contributed by atoms with Crippen LogP contribution < -0.4 is 4.31 Å². The first-order valence-electron chi connectivity index (χ1n) is 8.60. The highest BCUT2D eigenvalue weighted by Crippen LogP contribution is 2.32. The average molecular weight is 393 g/mol. The summed E-state index contributed by atoms with van der Waals surface area (Å²) in [6, 6.07) is 25.6. The standard InChI is InChI=1S/C22H19NO4S/c1-26-21(24)19-14-8-9-15-20(19)28-23(18-12-6-3-7-13-18)22(25)27-16-17-10-4-2-5-11-17/h2-15H,16H2,1H3. The van der Waals surface area contributed by atoms with Crippen LogP contribution in [0.3, 0.4) is 0 Å². The molecule has 3 aromatic carbocycles. The Bertz CT molecular complexity index is 932. The number of hydrogen-bond acceptors (Lipinski definition) is 5. The minimum Gasteiger partial charge on any atom is -0.465 e. The first kappa shape index (κ1) is 19.5. The van der Waals surface area contributed by atoms with Crippen molar-refractivity contribution in [2.24, 2.45) is 0 Å². The van der Waals surface area contributed by atoms with Gasteiger partial charge in [0.25, 0.3) is 0 Å². The Balaban J connectivity index is 1.84. The number of nitrogens with zero attached hydrogens (tertiary/aromatic N) is 1. The number of hydrogen-bond donors (Lipinski definition) is 0. The van der Waals surface area contributed by atoms with Gasteiger partial charge in [0, 0.05) is 4.90 Å². The van der Waals surface area contributed by atoms with E-state index in [1.165, 1.54) is 11.4 Å². The van der Waals surface area contributed by atoms with Crippen molar-refractivity contribution >= 4 is 29.7 Å². The van der Waals surface area contributed by atoms with Crippen LogP contribution in [0.5, 0.6) is 0 Å². The molecule has 0 aromatic heterocycles. The fourth-order valence-corrected chi connectivity index (χ4v) is 3.40. The van der Waals surface area contributed by atoms with Crippen molar-refractivity contribution in [3.05, 3.63) is 96.1 Å². The quantitative estimate of drug-likeness (QED) is 0.419. The van der Waals surface area contributed by atoms with Gasteiger partial charge in [0.2, 0.25) is 0 Å². The van der Waals surface area contributed by atoms with E-state index in [2.05, 4.69) is 0 Å². The highest BCUT2D eigenvalue weighted by atomic mass is 32.2. The summed E-state index contributed by atoms with van der Waals surface area (Å²) in [4.78, 5) is 25.5. The van der Waals surface area contributed by atoms with Crippen molar-refractivity contribution in [3.8, 4) is 0 Å². The lowest BCUT2D eigenvalue weighted by molar-refractivity contribution is 0.0596. The van der Waals surface area contributed by atoms with Crippen molar-refractivity contribution in [1.82, 2.24) is 0 Å². The molecular formula is C22H19NO4S. The van der Waals surface area contributed by atoms with Gasteiger partial charge in [-0.05, 0) is 41.8 Å². The molecule has 0 bridgehead atoms. The fraction of sp³-hybridized carbons (Fsp3) is 0.0909. The SMILES string of the molecule is COC(=O)c1ccccc1SN(C(=O)OCc1ccccc1)c1ccccc1. The monoisotopic (exact) mass is 393 g/mol. The third-order valence-corrected chi connectivity index (χ3v) is 4.94. The van der Waals surface area contributed by atoms with Crippen LogP contribution in [0.1, 0.15) is 15.9 Å². The topological polar surface area (TPSA) is 55.8 Å². The molecule has 0 aliphatic carbocycles. The lowest BCUT2D eigenvalue weighted by Crippen LogP contribution is -2.25. The fourth-order valence-electron chi connectivity index (χ4n) is 2.46. The van der Waals surface area contributed by atoms with E-state index >= 15 is 0 Å². The second-order valence-corrected chi connectivity index (χ2v) is 6.74. The van der Waals surface area contributed by atoms with Crippen LogP contribution in [0.15, 0.2) is 89.8 Å². The molecule has 3 aromatic rings. The summed E-state index contributed by atoms with van der Waals surface area (Å²) in [5.74, 6) is -0.464. The average Bonchev–Trinajstić information content (AvgIpc) is 2.77. The number of carbonyl (C=O) groups excluding carboxylic acids is 2. The van der Waals surface area contributed by atoms with Crippen LogP contribution in [0, 0.1) is 0 Å². The van der Waals surface area contributed by atoms with Crippen molar-refractivity contribution in [2.75, 3.05) is 11.4 Å². The maximum Gasteiger partial charge on any atom is 0.425 e. The van der Waals surface area contributed by atoms with Crippen molar-refractivity contribution in [1.29, 1.82) is 0 Å². The minimum atomic E-state index is -0.528. The van der Waals surface area contributed by atoms with E-state index in [9.17, 15) is 9.59 Å². The highest BCUT2D eigenvalue weighted by molar-refractivity contribution is 8.01. The Labute approximate surface area is 168 Å². The summed E-state index contributed by atoms with van der Waals surface area (Å²) in [5, 5.41) is 0. The number of rotatable bonds is 6. The van der Waals surface area contributed by atoms with E-state index in [4.69, 9.17) is 9.47 Å². The summed E-state index contributed by atoms with van der Waals surface area (Å²) in [5.41, 5.74) is 1.92. The summed E-state index contributed by atoms with van der Waals surface area (Å²) >= 11 is 1.11. The zero-order valence-electron chi connectivity index (χ0n) is 15.3. The molecule has 0 aliphatic heterocycles. The third kappa shape index (κ3) is 4.92. The summed E-state index contributed by atoms with van der Waals surface area (Å²) in [6.07, 6.45) is -0.528. The number of carbonyl (C=O) groups is 2. The molecule has 0 N–H and O–H groups in total. The molecule has 0 saturated carbocycles. The lowest BCUT2D eigenvalue weighted by Gasteiger charge is -2.21. The molecule has 28 heavy (non-hydrogen) atoms. The predicted molar refractivity (Wildman–Crippen MR) is 109 cm³/mol. The molecule has 1 amide bonds. The van der Waals surface area contributed by atoms with E-state index in [0.717, 1.165) is 17.5 Å². The first-order chi connectivity index (χ1) is 13.7. The Morgan fingerprint density at radius 2 is 1.46 bits per heavy atom. The molecule has 0 atom stereocenters. The Morgan fingerprint density at radius 1 is 0.857 bits per heavy atom. The molecule has 0 radical (unpaired) electrons. The van der Waals surface area contributed by atoms with Crippen LogP contribution in [-0.2, 0) is 16.1 Å². The largest absolute Gasteiger partial charge is 0.465 e. The van der Waals surface area contributed by atoms with E-state index < -0.39 is 12.1 Å². The van der Waals surface area contributed by atoms with Gasteiger partial charge in [-0.3, -0.25) is 0 Å². The van der Waals surface area contributed by atoms with Crippen LogP contribution in [0.2, 0.25) is 0 Å². The van der Waals surface area contributed by atoms with Gasteiger partial charge in [0.05, 0.1) is 18.4 Å². The molecule has 0 heterocycles. The lowest BCUT2D eigenvalue weighted by atomic mass is 10.2. The molecule has 6 heteroatoms. The highest BCUT2D eigenvalue weighted by Gasteiger charge is 2.22. The van der Waals surface area contributed by atoms with Crippen molar-refractivity contribution in [3.63, 3.8) is 0 Å². The predicted octanol–water partition coefficient (Wildman–Crippen LogP) is 5.32. The van der Waals surface area contributed by atoms with Gasteiger partial charge in [-0.1, -0.05) is 60.7 Å². The van der Waals surface area contributed by atoms with E-state index in [1.807, 2.05) is 48.5 Å². The number of ether oxygens (including phenoxy) is 2. The number of esters is 1. The molecular weight excluding hydrogens is 374 g/mol. The third-order valence-electron chi connectivity index (χ3n) is 3.84. The molecule has 0 saturated heterocycles. The van der Waals surface area contributed by atoms with Crippen molar-refractivity contribution < 1.29 is 19.1 Å². The van der Waals surface area contributed by atoms with E-state index in [-0.39, 0.29) is 6.61 Å². The van der Waals surface area contributed by atoms with E-state index in [0.29, 0.717) is 16.1 Å². The Kier molecular flexibility index (Phi) is 6.70. The Hall–Kier alpha value is -3.25. The van der Waals surface area contributed by atoms with Crippen LogP contribution >= 0.6 is 11.9 Å². The zero-order valence-corrected chi connectivity index (χ0v) is 16.1. The van der Waals surface area contributed by atoms with Gasteiger partial charge >= 0.3 is 12.1 Å². The van der Waals surface area contributed by atoms with Gasteiger partial charge in [-0.2, -0.15) is 0 Å². The molecule has 0 aliphatic rings. The second-order valence-electron chi connectivity index (χ2n) is 5.75. The number of anilines is 1. The van der Waals surface area contributed by atoms with E-state index in [1.54, 1.807) is 36.4 Å². The number of amides is 1. The summed E-state index contributed by atoms with van der Waals surface area (Å²) < 4.78 is 11.8. The first-order valence-corrected chi connectivity index (χ1v) is 9.37. The molecule has 5 nitrogen and oxygen atoms in total. The number of para-hydroxylation sites is 1. The van der Waals surface area contributed by atoms with Crippen LogP contribution in [-0.4, -0.2) is 19.2 Å². The molecule has 0 spiro atoms. The molecule has 3 rings (SSSR count). The molecule has 0 unspecified atom stereocenters. The maximum absolute atomic E-state index is 12.8. The second kappa shape index (κ2) is 9.62. The summed E-state index contributed by atoms with van der Waals surface area (Å²) in [7, 11) is 1.33. The van der Waals surface area contributed by atoms with Gasteiger partial charge < -0.3 is 9.47 Å². The van der Waals surface area contributed by atoms with Gasteiger partial charge in [0.1, 0.15) is 6.61 Å². The molecule has 142 valence electrons. The molecule has 0 fully saturated rings. The minimum absolute atomic E-state index is 0.155. The van der Waals surface area contributed by atoms with Crippen molar-refractivity contribution in [2.45, 2.75) is 11.5 Å². The number of methoxy groups -OCH3 is 1. The van der Waals surface area contributed by atoms with Crippen LogP contribution in [0.25, 0.3) is 0 Å². The van der Waals surface area contributed by atoms with Gasteiger partial charge in [-0.25, -0.2) is 13.9 Å². The normalized spacial score (nSPS) is 10.2. The summed E-state index contributed by atoms with van der Waals surface area (Å²) in [6.45, 7) is 0.155. The maximum atomic E-state index is 12.8. The van der Waals surface area contributed by atoms with Gasteiger partial charge in [-0.15, -0.1) is 0 Å².